The first-order valence-electron chi connectivity index (χ1n) is 10.4. The molecule has 0 spiro atoms. The number of allylic oxidation sites excluding steroid dienone is 1. The minimum absolute atomic E-state index is 0.0555. The Morgan fingerprint density at radius 1 is 1.19 bits per heavy atom. The zero-order valence-electron chi connectivity index (χ0n) is 18.3. The molecule has 0 unspecified atom stereocenters. The van der Waals surface area contributed by atoms with E-state index in [0.717, 1.165) is 45.8 Å². The van der Waals surface area contributed by atoms with Gasteiger partial charge in [0.1, 0.15) is 0 Å². The summed E-state index contributed by atoms with van der Waals surface area (Å²) < 4.78 is 1.94. The molecule has 3 heterocycles. The number of pyridine rings is 1. The first kappa shape index (κ1) is 20.7. The average molecular weight is 418 g/mol. The van der Waals surface area contributed by atoms with Crippen LogP contribution in [0.2, 0.25) is 0 Å². The normalized spacial score (nSPS) is 12.7. The number of hydrogen-bond acceptors (Lipinski definition) is 6. The maximum Gasteiger partial charge on any atom is 0.222 e. The van der Waals surface area contributed by atoms with E-state index in [1.54, 1.807) is 19.0 Å². The van der Waals surface area contributed by atoms with E-state index in [-0.39, 0.29) is 11.9 Å². The van der Waals surface area contributed by atoms with Gasteiger partial charge < -0.3 is 10.6 Å². The summed E-state index contributed by atoms with van der Waals surface area (Å²) >= 11 is 0. The van der Waals surface area contributed by atoms with Crippen LogP contribution in [-0.4, -0.2) is 49.6 Å². The number of aryl methyl sites for hydroxylation is 1. The van der Waals surface area contributed by atoms with E-state index in [1.165, 1.54) is 0 Å². The van der Waals surface area contributed by atoms with Gasteiger partial charge in [0, 0.05) is 73.3 Å². The van der Waals surface area contributed by atoms with E-state index >= 15 is 0 Å². The molecule has 0 fully saturated rings. The standard InChI is InChI=1S/C23H27N7O/c1-14(2)30-13-16(12-26-30)15-9-19-18(6-7-20(19)25-11-15)21-10-17(27-23(24)28-21)5-8-22(31)29(3)4/h6,9-14H,5,7-8H2,1-4H3,(H2,24,27,28). The topological polar surface area (TPSA) is 103 Å². The van der Waals surface area contributed by atoms with Crippen LogP contribution in [0.3, 0.4) is 0 Å². The molecule has 0 saturated carbocycles. The van der Waals surface area contributed by atoms with Gasteiger partial charge in [-0.3, -0.25) is 14.5 Å². The molecule has 0 saturated heterocycles. The Kier molecular flexibility index (Phi) is 5.54. The van der Waals surface area contributed by atoms with Crippen molar-refractivity contribution in [3.63, 3.8) is 0 Å². The van der Waals surface area contributed by atoms with Crippen LogP contribution in [0, 0.1) is 0 Å². The number of amides is 1. The number of aromatic nitrogens is 5. The van der Waals surface area contributed by atoms with E-state index < -0.39 is 0 Å². The lowest BCUT2D eigenvalue weighted by Crippen LogP contribution is -2.22. The summed E-state index contributed by atoms with van der Waals surface area (Å²) in [5, 5.41) is 4.44. The maximum absolute atomic E-state index is 11.9. The zero-order valence-corrected chi connectivity index (χ0v) is 18.3. The second-order valence-electron chi connectivity index (χ2n) is 8.23. The highest BCUT2D eigenvalue weighted by molar-refractivity contribution is 5.84. The lowest BCUT2D eigenvalue weighted by Gasteiger charge is -2.11. The van der Waals surface area contributed by atoms with E-state index in [1.807, 2.05) is 29.3 Å². The number of nitrogen functional groups attached to an aromatic ring is 1. The van der Waals surface area contributed by atoms with Crippen molar-refractivity contribution in [3.8, 4) is 11.1 Å². The molecule has 8 nitrogen and oxygen atoms in total. The van der Waals surface area contributed by atoms with Gasteiger partial charge in [-0.25, -0.2) is 9.97 Å². The van der Waals surface area contributed by atoms with Crippen LogP contribution >= 0.6 is 0 Å². The fourth-order valence-corrected chi connectivity index (χ4v) is 3.61. The highest BCUT2D eigenvalue weighted by Crippen LogP contribution is 2.34. The van der Waals surface area contributed by atoms with Gasteiger partial charge in [-0.2, -0.15) is 5.10 Å². The smallest absolute Gasteiger partial charge is 0.222 e. The highest BCUT2D eigenvalue weighted by atomic mass is 16.2. The Balaban J connectivity index is 1.63. The fourth-order valence-electron chi connectivity index (χ4n) is 3.61. The van der Waals surface area contributed by atoms with Crippen molar-refractivity contribution in [2.24, 2.45) is 0 Å². The lowest BCUT2D eigenvalue weighted by atomic mass is 10.0. The number of nitrogens with two attached hydrogens (primary N) is 1. The molecule has 4 rings (SSSR count). The number of anilines is 1. The molecule has 0 atom stereocenters. The Morgan fingerprint density at radius 2 is 2.00 bits per heavy atom. The van der Waals surface area contributed by atoms with Gasteiger partial charge in [-0.05, 0) is 32.4 Å². The van der Waals surface area contributed by atoms with Crippen molar-refractivity contribution in [3.05, 3.63) is 59.4 Å². The molecule has 31 heavy (non-hydrogen) atoms. The van der Waals surface area contributed by atoms with Crippen molar-refractivity contribution >= 4 is 17.4 Å². The summed E-state index contributed by atoms with van der Waals surface area (Å²) in [6.07, 6.45) is 9.56. The van der Waals surface area contributed by atoms with Gasteiger partial charge in [0.25, 0.3) is 0 Å². The number of nitrogens with zero attached hydrogens (tertiary/aromatic N) is 6. The van der Waals surface area contributed by atoms with Crippen LogP contribution in [0.4, 0.5) is 5.95 Å². The molecule has 0 aromatic carbocycles. The molecule has 1 aliphatic carbocycles. The zero-order chi connectivity index (χ0) is 22.1. The number of fused-ring (bicyclic) bond motifs is 1. The summed E-state index contributed by atoms with van der Waals surface area (Å²) in [7, 11) is 3.50. The predicted octanol–water partition coefficient (Wildman–Crippen LogP) is 2.91. The van der Waals surface area contributed by atoms with Crippen molar-refractivity contribution in [2.75, 3.05) is 19.8 Å². The lowest BCUT2D eigenvalue weighted by molar-refractivity contribution is -0.128. The Bertz CT molecular complexity index is 1160. The second kappa shape index (κ2) is 8.29. The van der Waals surface area contributed by atoms with Crippen LogP contribution in [0.15, 0.2) is 36.8 Å². The first-order valence-corrected chi connectivity index (χ1v) is 10.4. The third-order valence-electron chi connectivity index (χ3n) is 5.39. The molecule has 1 aliphatic rings. The van der Waals surface area contributed by atoms with E-state index in [9.17, 15) is 4.79 Å². The summed E-state index contributed by atoms with van der Waals surface area (Å²) in [6.45, 7) is 4.20. The number of hydrogen-bond donors (Lipinski definition) is 1. The predicted molar refractivity (Wildman–Crippen MR) is 120 cm³/mol. The Hall–Kier alpha value is -3.55. The maximum atomic E-state index is 11.9. The third-order valence-corrected chi connectivity index (χ3v) is 5.39. The largest absolute Gasteiger partial charge is 0.368 e. The van der Waals surface area contributed by atoms with E-state index in [0.29, 0.717) is 18.9 Å². The molecular formula is C23H27N7O. The van der Waals surface area contributed by atoms with Crippen LogP contribution < -0.4 is 5.73 Å². The minimum Gasteiger partial charge on any atom is -0.368 e. The average Bonchev–Trinajstić information content (AvgIpc) is 3.38. The summed E-state index contributed by atoms with van der Waals surface area (Å²) in [5.74, 6) is 0.265. The van der Waals surface area contributed by atoms with E-state index in [4.69, 9.17) is 5.73 Å². The fraction of sp³-hybridized carbons (Fsp3) is 0.348. The van der Waals surface area contributed by atoms with Crippen LogP contribution in [0.1, 0.15) is 49.0 Å². The molecule has 3 aromatic rings. The summed E-state index contributed by atoms with van der Waals surface area (Å²) in [5.41, 5.74) is 12.6. The molecule has 0 aliphatic heterocycles. The third kappa shape index (κ3) is 4.33. The quantitative estimate of drug-likeness (QED) is 0.661. The van der Waals surface area contributed by atoms with Crippen molar-refractivity contribution in [2.45, 2.75) is 39.2 Å². The second-order valence-corrected chi connectivity index (χ2v) is 8.23. The number of carbonyl (C=O) groups excluding carboxylic acids is 1. The van der Waals surface area contributed by atoms with Gasteiger partial charge in [0.05, 0.1) is 17.6 Å². The molecule has 0 radical (unpaired) electrons. The molecule has 2 N–H and O–H groups in total. The highest BCUT2D eigenvalue weighted by Gasteiger charge is 2.20. The number of rotatable bonds is 6. The van der Waals surface area contributed by atoms with Crippen molar-refractivity contribution < 1.29 is 4.79 Å². The monoisotopic (exact) mass is 417 g/mol. The molecule has 1 amide bonds. The van der Waals surface area contributed by atoms with Crippen molar-refractivity contribution in [1.29, 1.82) is 0 Å². The minimum atomic E-state index is 0.0555. The Morgan fingerprint density at radius 3 is 2.71 bits per heavy atom. The molecule has 3 aromatic heterocycles. The Labute approximate surface area is 181 Å². The van der Waals surface area contributed by atoms with Crippen LogP contribution in [0.25, 0.3) is 16.7 Å². The van der Waals surface area contributed by atoms with Gasteiger partial charge >= 0.3 is 0 Å². The van der Waals surface area contributed by atoms with Crippen molar-refractivity contribution in [1.82, 2.24) is 29.6 Å². The molecule has 160 valence electrons. The van der Waals surface area contributed by atoms with Crippen LogP contribution in [0.5, 0.6) is 0 Å². The molecule has 8 heteroatoms. The summed E-state index contributed by atoms with van der Waals surface area (Å²) in [6, 6.07) is 4.36. The summed E-state index contributed by atoms with van der Waals surface area (Å²) in [4.78, 5) is 27.0. The van der Waals surface area contributed by atoms with Gasteiger partial charge in [0.15, 0.2) is 0 Å². The SMILES string of the molecule is CC(C)n1cc(-c2cnc3c(c2)C(c2cc(CCC(=O)N(C)C)nc(N)n2)=CC3)cn1. The molecular weight excluding hydrogens is 390 g/mol. The van der Waals surface area contributed by atoms with Gasteiger partial charge in [0.2, 0.25) is 11.9 Å². The van der Waals surface area contributed by atoms with E-state index in [2.05, 4.69) is 46.0 Å². The molecule has 0 bridgehead atoms. The van der Waals surface area contributed by atoms with Crippen LogP contribution in [-0.2, 0) is 17.6 Å². The first-order chi connectivity index (χ1) is 14.8. The number of carbonyl (C=O) groups is 1. The van der Waals surface area contributed by atoms with Gasteiger partial charge in [-0.1, -0.05) is 6.08 Å². The van der Waals surface area contributed by atoms with Gasteiger partial charge in [-0.15, -0.1) is 0 Å².